The standard InChI is InChI=1S/C12H12O4/c13-6-9-7-14-12-10(9)15-11(16-12)8-4-2-1-3-5-8/h1-6,9-12H,7H2/t9-,10?,11?,12+/m0/s1. The minimum Gasteiger partial charge on any atom is -0.349 e. The van der Waals surface area contributed by atoms with Crippen molar-refractivity contribution in [1.82, 2.24) is 0 Å². The smallest absolute Gasteiger partial charge is 0.188 e. The molecule has 0 spiro atoms. The van der Waals surface area contributed by atoms with E-state index < -0.39 is 12.6 Å². The molecule has 84 valence electrons. The number of hydrogen-bond acceptors (Lipinski definition) is 4. The first kappa shape index (κ1) is 9.96. The Balaban J connectivity index is 1.77. The number of carbonyl (C=O) groups excluding carboxylic acids is 1. The lowest BCUT2D eigenvalue weighted by molar-refractivity contribution is -0.145. The molecule has 0 aromatic heterocycles. The number of ether oxygens (including phenoxy) is 3. The van der Waals surface area contributed by atoms with Crippen molar-refractivity contribution in [2.45, 2.75) is 18.7 Å². The highest BCUT2D eigenvalue weighted by atomic mass is 16.8. The molecule has 2 saturated heterocycles. The Labute approximate surface area is 93.1 Å². The molecule has 0 bridgehead atoms. The highest BCUT2D eigenvalue weighted by Crippen LogP contribution is 2.38. The van der Waals surface area contributed by atoms with Crippen LogP contribution in [0.25, 0.3) is 0 Å². The molecule has 4 nitrogen and oxygen atoms in total. The third-order valence-corrected chi connectivity index (χ3v) is 2.93. The Hall–Kier alpha value is -1.23. The zero-order chi connectivity index (χ0) is 11.0. The number of benzene rings is 1. The van der Waals surface area contributed by atoms with Crippen LogP contribution in [0.5, 0.6) is 0 Å². The van der Waals surface area contributed by atoms with E-state index in [1.807, 2.05) is 30.3 Å². The second-order valence-corrected chi connectivity index (χ2v) is 3.98. The molecule has 1 aromatic rings. The van der Waals surface area contributed by atoms with Gasteiger partial charge in [0.05, 0.1) is 12.5 Å². The molecular weight excluding hydrogens is 208 g/mol. The summed E-state index contributed by atoms with van der Waals surface area (Å²) in [5.41, 5.74) is 0.949. The molecular formula is C12H12O4. The lowest BCUT2D eigenvalue weighted by Crippen LogP contribution is -2.23. The van der Waals surface area contributed by atoms with Gasteiger partial charge in [-0.05, 0) is 0 Å². The van der Waals surface area contributed by atoms with Gasteiger partial charge in [0.1, 0.15) is 12.4 Å². The van der Waals surface area contributed by atoms with Crippen molar-refractivity contribution in [3.63, 3.8) is 0 Å². The van der Waals surface area contributed by atoms with Gasteiger partial charge in [-0.25, -0.2) is 0 Å². The van der Waals surface area contributed by atoms with E-state index in [1.54, 1.807) is 0 Å². The Morgan fingerprint density at radius 2 is 2.00 bits per heavy atom. The molecule has 0 saturated carbocycles. The van der Waals surface area contributed by atoms with Gasteiger partial charge in [-0.3, -0.25) is 0 Å². The monoisotopic (exact) mass is 220 g/mol. The first-order valence-corrected chi connectivity index (χ1v) is 5.31. The molecule has 2 aliphatic heterocycles. The summed E-state index contributed by atoms with van der Waals surface area (Å²) >= 11 is 0. The largest absolute Gasteiger partial charge is 0.349 e. The summed E-state index contributed by atoms with van der Waals surface area (Å²) in [5, 5.41) is 0. The maximum Gasteiger partial charge on any atom is 0.188 e. The number of aldehydes is 1. The summed E-state index contributed by atoms with van der Waals surface area (Å²) in [5.74, 6) is -0.210. The topological polar surface area (TPSA) is 44.8 Å². The normalized spacial score (nSPS) is 37.2. The minimum absolute atomic E-state index is 0.210. The maximum absolute atomic E-state index is 10.8. The average molecular weight is 220 g/mol. The summed E-state index contributed by atoms with van der Waals surface area (Å²) in [6.45, 7) is 0.389. The van der Waals surface area contributed by atoms with Crippen LogP contribution in [0, 0.1) is 5.92 Å². The van der Waals surface area contributed by atoms with Crippen molar-refractivity contribution >= 4 is 6.29 Å². The first-order chi connectivity index (χ1) is 7.88. The number of fused-ring (bicyclic) bond motifs is 1. The lowest BCUT2D eigenvalue weighted by atomic mass is 10.1. The van der Waals surface area contributed by atoms with E-state index in [9.17, 15) is 4.79 Å². The van der Waals surface area contributed by atoms with Crippen LogP contribution >= 0.6 is 0 Å². The number of rotatable bonds is 2. The molecule has 2 fully saturated rings. The SMILES string of the molecule is O=C[C@H]1CO[C@@H]2OC(c3ccccc3)OC21. The maximum atomic E-state index is 10.8. The Morgan fingerprint density at radius 1 is 1.19 bits per heavy atom. The summed E-state index contributed by atoms with van der Waals surface area (Å²) in [6.07, 6.45) is -0.205. The van der Waals surface area contributed by atoms with Crippen LogP contribution in [-0.2, 0) is 19.0 Å². The van der Waals surface area contributed by atoms with Gasteiger partial charge in [-0.1, -0.05) is 30.3 Å². The molecule has 1 aromatic carbocycles. The summed E-state index contributed by atoms with van der Waals surface area (Å²) in [7, 11) is 0. The zero-order valence-electron chi connectivity index (χ0n) is 8.61. The molecule has 0 N–H and O–H groups in total. The summed E-state index contributed by atoms with van der Waals surface area (Å²) in [6, 6.07) is 9.65. The van der Waals surface area contributed by atoms with E-state index in [0.717, 1.165) is 11.8 Å². The third-order valence-electron chi connectivity index (χ3n) is 2.93. The Kier molecular flexibility index (Phi) is 2.47. The van der Waals surface area contributed by atoms with Gasteiger partial charge in [-0.2, -0.15) is 0 Å². The van der Waals surface area contributed by atoms with Crippen LogP contribution in [0.15, 0.2) is 30.3 Å². The van der Waals surface area contributed by atoms with Crippen molar-refractivity contribution in [3.05, 3.63) is 35.9 Å². The van der Waals surface area contributed by atoms with Gasteiger partial charge in [0, 0.05) is 5.56 Å². The van der Waals surface area contributed by atoms with Crippen LogP contribution in [-0.4, -0.2) is 25.3 Å². The minimum atomic E-state index is -0.418. The van der Waals surface area contributed by atoms with Crippen LogP contribution < -0.4 is 0 Å². The summed E-state index contributed by atoms with van der Waals surface area (Å²) in [4.78, 5) is 10.8. The van der Waals surface area contributed by atoms with Crippen LogP contribution in [0.1, 0.15) is 11.9 Å². The van der Waals surface area contributed by atoms with E-state index in [1.165, 1.54) is 0 Å². The van der Waals surface area contributed by atoms with Crippen LogP contribution in [0.2, 0.25) is 0 Å². The fraction of sp³-hybridized carbons (Fsp3) is 0.417. The van der Waals surface area contributed by atoms with Crippen molar-refractivity contribution < 1.29 is 19.0 Å². The fourth-order valence-electron chi connectivity index (χ4n) is 2.06. The first-order valence-electron chi connectivity index (χ1n) is 5.31. The average Bonchev–Trinajstić information content (AvgIpc) is 2.89. The van der Waals surface area contributed by atoms with Gasteiger partial charge < -0.3 is 19.0 Å². The van der Waals surface area contributed by atoms with E-state index in [-0.39, 0.29) is 12.0 Å². The number of carbonyl (C=O) groups is 1. The van der Waals surface area contributed by atoms with Crippen molar-refractivity contribution in [2.75, 3.05) is 6.61 Å². The molecule has 2 aliphatic rings. The number of hydrogen-bond donors (Lipinski definition) is 0. The molecule has 0 radical (unpaired) electrons. The highest BCUT2D eigenvalue weighted by Gasteiger charge is 2.47. The lowest BCUT2D eigenvalue weighted by Gasteiger charge is -2.12. The predicted molar refractivity (Wildman–Crippen MR) is 54.4 cm³/mol. The molecule has 4 heteroatoms. The molecule has 16 heavy (non-hydrogen) atoms. The highest BCUT2D eigenvalue weighted by molar-refractivity contribution is 5.55. The molecule has 0 aliphatic carbocycles. The fourth-order valence-corrected chi connectivity index (χ4v) is 2.06. The third kappa shape index (κ3) is 1.55. The van der Waals surface area contributed by atoms with Crippen LogP contribution in [0.3, 0.4) is 0 Å². The van der Waals surface area contributed by atoms with Crippen molar-refractivity contribution in [2.24, 2.45) is 5.92 Å². The Morgan fingerprint density at radius 3 is 2.75 bits per heavy atom. The molecule has 2 heterocycles. The molecule has 0 amide bonds. The van der Waals surface area contributed by atoms with E-state index >= 15 is 0 Å². The van der Waals surface area contributed by atoms with Gasteiger partial charge in [0.2, 0.25) is 0 Å². The predicted octanol–water partition coefficient (Wildman–Crippen LogP) is 1.27. The van der Waals surface area contributed by atoms with Crippen molar-refractivity contribution in [1.29, 1.82) is 0 Å². The van der Waals surface area contributed by atoms with Crippen molar-refractivity contribution in [3.8, 4) is 0 Å². The Bertz CT molecular complexity index is 378. The van der Waals surface area contributed by atoms with E-state index in [2.05, 4.69) is 0 Å². The quantitative estimate of drug-likeness (QED) is 0.704. The molecule has 2 unspecified atom stereocenters. The van der Waals surface area contributed by atoms with Gasteiger partial charge >= 0.3 is 0 Å². The van der Waals surface area contributed by atoms with E-state index in [4.69, 9.17) is 14.2 Å². The molecule has 4 atom stereocenters. The zero-order valence-corrected chi connectivity index (χ0v) is 8.61. The van der Waals surface area contributed by atoms with E-state index in [0.29, 0.717) is 6.61 Å². The van der Waals surface area contributed by atoms with Crippen LogP contribution in [0.4, 0.5) is 0 Å². The van der Waals surface area contributed by atoms with Gasteiger partial charge in [-0.15, -0.1) is 0 Å². The van der Waals surface area contributed by atoms with Gasteiger partial charge in [0.15, 0.2) is 12.6 Å². The second-order valence-electron chi connectivity index (χ2n) is 3.98. The summed E-state index contributed by atoms with van der Waals surface area (Å²) < 4.78 is 16.7. The molecule has 3 rings (SSSR count). The van der Waals surface area contributed by atoms with Gasteiger partial charge in [0.25, 0.3) is 0 Å². The second kappa shape index (κ2) is 3.97.